The molecule has 5 heteroatoms. The Kier molecular flexibility index (Phi) is 5.02. The number of benzene rings is 3. The molecule has 5 nitrogen and oxygen atoms in total. The van der Waals surface area contributed by atoms with Gasteiger partial charge in [0.1, 0.15) is 11.4 Å². The first-order valence-corrected chi connectivity index (χ1v) is 10.7. The van der Waals surface area contributed by atoms with Crippen LogP contribution in [0, 0.1) is 6.92 Å². The molecule has 3 aromatic rings. The van der Waals surface area contributed by atoms with E-state index >= 15 is 0 Å². The minimum Gasteiger partial charge on any atom is -0.497 e. The Morgan fingerprint density at radius 1 is 0.844 bits per heavy atom. The second-order valence-electron chi connectivity index (χ2n) is 8.18. The predicted molar refractivity (Wildman–Crippen MR) is 124 cm³/mol. The highest BCUT2D eigenvalue weighted by Crippen LogP contribution is 2.37. The molecule has 3 aromatic carbocycles. The van der Waals surface area contributed by atoms with Crippen molar-refractivity contribution in [3.8, 4) is 5.75 Å². The second kappa shape index (κ2) is 8.00. The third-order valence-electron chi connectivity index (χ3n) is 6.14. The summed E-state index contributed by atoms with van der Waals surface area (Å²) in [5.74, 6) is 0.139. The van der Waals surface area contributed by atoms with E-state index in [0.29, 0.717) is 41.4 Å². The first-order chi connectivity index (χ1) is 15.6. The van der Waals surface area contributed by atoms with Crippen LogP contribution in [0.3, 0.4) is 0 Å². The van der Waals surface area contributed by atoms with Crippen molar-refractivity contribution in [1.29, 1.82) is 0 Å². The Labute approximate surface area is 187 Å². The maximum atomic E-state index is 13.7. The van der Waals surface area contributed by atoms with Gasteiger partial charge in [0, 0.05) is 13.1 Å². The number of hydrogen-bond donors (Lipinski definition) is 0. The molecule has 2 aliphatic heterocycles. The molecule has 2 heterocycles. The van der Waals surface area contributed by atoms with E-state index in [-0.39, 0.29) is 11.8 Å². The van der Waals surface area contributed by atoms with Crippen molar-refractivity contribution in [2.45, 2.75) is 19.9 Å². The summed E-state index contributed by atoms with van der Waals surface area (Å²) in [6.07, 6.45) is 0.835. The zero-order valence-corrected chi connectivity index (χ0v) is 18.2. The number of amides is 2. The van der Waals surface area contributed by atoms with Gasteiger partial charge in [-0.15, -0.1) is 0 Å². The van der Waals surface area contributed by atoms with E-state index in [4.69, 9.17) is 4.74 Å². The molecular formula is C27H24N2O3. The Morgan fingerprint density at radius 2 is 1.59 bits per heavy atom. The fraction of sp³-hybridized carbons (Fsp3) is 0.185. The van der Waals surface area contributed by atoms with Crippen LogP contribution in [-0.4, -0.2) is 30.4 Å². The molecule has 0 saturated carbocycles. The second-order valence-corrected chi connectivity index (χ2v) is 8.18. The fourth-order valence-electron chi connectivity index (χ4n) is 4.52. The van der Waals surface area contributed by atoms with Crippen LogP contribution < -0.4 is 9.64 Å². The number of carbonyl (C=O) groups is 2. The molecule has 2 amide bonds. The monoisotopic (exact) mass is 424 g/mol. The largest absolute Gasteiger partial charge is 0.497 e. The Morgan fingerprint density at radius 3 is 2.31 bits per heavy atom. The van der Waals surface area contributed by atoms with Crippen LogP contribution in [-0.2, 0) is 22.6 Å². The van der Waals surface area contributed by atoms with E-state index in [1.54, 1.807) is 7.11 Å². The number of fused-ring (bicyclic) bond motifs is 1. The summed E-state index contributed by atoms with van der Waals surface area (Å²) in [6.45, 7) is 3.24. The summed E-state index contributed by atoms with van der Waals surface area (Å²) < 4.78 is 5.28. The molecule has 0 radical (unpaired) electrons. The molecule has 160 valence electrons. The van der Waals surface area contributed by atoms with Gasteiger partial charge in [0.15, 0.2) is 0 Å². The normalized spacial score (nSPS) is 15.9. The highest BCUT2D eigenvalue weighted by Gasteiger charge is 2.43. The molecule has 0 saturated heterocycles. The standard InChI is InChI=1S/C27H24N2O3/c1-18-6-5-9-22(16-18)29-26(30)24(20-10-12-23(32-2)13-11-20)25(27(29)31)28-15-14-19-7-3-4-8-21(19)17-28/h3-13,16H,14-15,17H2,1-2H3. The predicted octanol–water partition coefficient (Wildman–Crippen LogP) is 4.35. The molecule has 0 unspecified atom stereocenters. The summed E-state index contributed by atoms with van der Waals surface area (Å²) in [6, 6.07) is 23.1. The van der Waals surface area contributed by atoms with E-state index < -0.39 is 0 Å². The minimum absolute atomic E-state index is 0.272. The number of hydrogen-bond acceptors (Lipinski definition) is 4. The van der Waals surface area contributed by atoms with E-state index in [1.165, 1.54) is 16.0 Å². The van der Waals surface area contributed by atoms with E-state index in [0.717, 1.165) is 12.0 Å². The van der Waals surface area contributed by atoms with Gasteiger partial charge in [-0.05, 0) is 59.9 Å². The maximum Gasteiger partial charge on any atom is 0.282 e. The first kappa shape index (κ1) is 20.1. The number of aryl methyl sites for hydroxylation is 1. The zero-order chi connectivity index (χ0) is 22.2. The van der Waals surface area contributed by atoms with E-state index in [1.807, 2.05) is 67.6 Å². The summed E-state index contributed by atoms with van der Waals surface area (Å²) in [5, 5.41) is 0. The van der Waals surface area contributed by atoms with Gasteiger partial charge in [-0.2, -0.15) is 0 Å². The summed E-state index contributed by atoms with van der Waals surface area (Å²) in [7, 11) is 1.61. The fourth-order valence-corrected chi connectivity index (χ4v) is 4.52. The van der Waals surface area contributed by atoms with Crippen molar-refractivity contribution < 1.29 is 14.3 Å². The van der Waals surface area contributed by atoms with Gasteiger partial charge in [-0.1, -0.05) is 48.5 Å². The third kappa shape index (κ3) is 3.36. The van der Waals surface area contributed by atoms with Gasteiger partial charge in [-0.3, -0.25) is 9.59 Å². The van der Waals surface area contributed by atoms with Crippen LogP contribution in [0.1, 0.15) is 22.3 Å². The SMILES string of the molecule is COc1ccc(C2=C(N3CCc4ccccc4C3)C(=O)N(c3cccc(C)c3)C2=O)cc1. The van der Waals surface area contributed by atoms with E-state index in [2.05, 4.69) is 17.0 Å². The molecule has 0 aliphatic carbocycles. The lowest BCUT2D eigenvalue weighted by atomic mass is 9.98. The van der Waals surface area contributed by atoms with E-state index in [9.17, 15) is 9.59 Å². The highest BCUT2D eigenvalue weighted by atomic mass is 16.5. The highest BCUT2D eigenvalue weighted by molar-refractivity contribution is 6.45. The number of nitrogens with zero attached hydrogens (tertiary/aromatic N) is 2. The Balaban J connectivity index is 1.62. The number of imide groups is 1. The average Bonchev–Trinajstić information content (AvgIpc) is 3.08. The van der Waals surface area contributed by atoms with Crippen molar-refractivity contribution in [2.75, 3.05) is 18.6 Å². The molecule has 0 N–H and O–H groups in total. The number of methoxy groups -OCH3 is 1. The lowest BCUT2D eigenvalue weighted by molar-refractivity contribution is -0.120. The summed E-state index contributed by atoms with van der Waals surface area (Å²) >= 11 is 0. The van der Waals surface area contributed by atoms with Gasteiger partial charge in [0.05, 0.1) is 18.4 Å². The molecule has 0 aromatic heterocycles. The van der Waals surface area contributed by atoms with Crippen molar-refractivity contribution in [2.24, 2.45) is 0 Å². The van der Waals surface area contributed by atoms with Crippen molar-refractivity contribution >= 4 is 23.1 Å². The molecular weight excluding hydrogens is 400 g/mol. The number of anilines is 1. The van der Waals surface area contributed by atoms with Gasteiger partial charge >= 0.3 is 0 Å². The van der Waals surface area contributed by atoms with Crippen LogP contribution in [0.15, 0.2) is 78.5 Å². The van der Waals surface area contributed by atoms with Gasteiger partial charge in [0.25, 0.3) is 11.8 Å². The molecule has 2 aliphatic rings. The number of ether oxygens (including phenoxy) is 1. The zero-order valence-electron chi connectivity index (χ0n) is 18.2. The number of rotatable bonds is 4. The van der Waals surface area contributed by atoms with Gasteiger partial charge < -0.3 is 9.64 Å². The maximum absolute atomic E-state index is 13.7. The van der Waals surface area contributed by atoms with Crippen LogP contribution in [0.5, 0.6) is 5.75 Å². The summed E-state index contributed by atoms with van der Waals surface area (Å²) in [5.41, 5.74) is 5.70. The summed E-state index contributed by atoms with van der Waals surface area (Å²) in [4.78, 5) is 30.8. The Hall–Kier alpha value is -3.86. The molecule has 32 heavy (non-hydrogen) atoms. The van der Waals surface area contributed by atoms with Crippen LogP contribution in [0.4, 0.5) is 5.69 Å². The van der Waals surface area contributed by atoms with Gasteiger partial charge in [0.2, 0.25) is 0 Å². The third-order valence-corrected chi connectivity index (χ3v) is 6.14. The average molecular weight is 425 g/mol. The van der Waals surface area contributed by atoms with Crippen LogP contribution in [0.2, 0.25) is 0 Å². The number of carbonyl (C=O) groups excluding carboxylic acids is 2. The molecule has 0 spiro atoms. The van der Waals surface area contributed by atoms with Crippen molar-refractivity contribution in [3.05, 3.63) is 101 Å². The lowest BCUT2D eigenvalue weighted by Gasteiger charge is -2.31. The minimum atomic E-state index is -0.292. The van der Waals surface area contributed by atoms with Crippen molar-refractivity contribution in [3.63, 3.8) is 0 Å². The van der Waals surface area contributed by atoms with Crippen LogP contribution >= 0.6 is 0 Å². The smallest absolute Gasteiger partial charge is 0.282 e. The Bertz CT molecular complexity index is 1240. The first-order valence-electron chi connectivity index (χ1n) is 10.7. The van der Waals surface area contributed by atoms with Gasteiger partial charge in [-0.25, -0.2) is 4.90 Å². The topological polar surface area (TPSA) is 49.9 Å². The quantitative estimate of drug-likeness (QED) is 0.585. The molecule has 0 fully saturated rings. The molecule has 0 atom stereocenters. The lowest BCUT2D eigenvalue weighted by Crippen LogP contribution is -2.37. The van der Waals surface area contributed by atoms with Crippen LogP contribution in [0.25, 0.3) is 5.57 Å². The van der Waals surface area contributed by atoms with Crippen molar-refractivity contribution in [1.82, 2.24) is 4.90 Å². The molecule has 5 rings (SSSR count). The molecule has 0 bridgehead atoms.